The maximum atomic E-state index is 12.3. The monoisotopic (exact) mass is 455 g/mol. The van der Waals surface area contributed by atoms with Crippen molar-refractivity contribution < 1.29 is 14.6 Å². The van der Waals surface area contributed by atoms with Gasteiger partial charge in [-0.1, -0.05) is 17.7 Å². The van der Waals surface area contributed by atoms with E-state index in [2.05, 4.69) is 20.7 Å². The van der Waals surface area contributed by atoms with E-state index in [-0.39, 0.29) is 5.88 Å². The molecule has 0 aliphatic heterocycles. The summed E-state index contributed by atoms with van der Waals surface area (Å²) in [6.07, 6.45) is 2.75. The Labute approximate surface area is 197 Å². The lowest BCUT2D eigenvalue weighted by Gasteiger charge is -2.10. The summed E-state index contributed by atoms with van der Waals surface area (Å²) in [4.78, 5) is 16.7. The van der Waals surface area contributed by atoms with Crippen LogP contribution in [0.4, 0.5) is 11.4 Å². The van der Waals surface area contributed by atoms with E-state index in [1.165, 1.54) is 5.56 Å². The molecule has 34 heavy (non-hydrogen) atoms. The van der Waals surface area contributed by atoms with Crippen molar-refractivity contribution in [1.29, 1.82) is 0 Å². The Hall–Kier alpha value is -4.59. The summed E-state index contributed by atoms with van der Waals surface area (Å²) < 4.78 is 6.89. The van der Waals surface area contributed by atoms with E-state index >= 15 is 0 Å². The molecule has 1 amide bonds. The molecule has 1 heterocycles. The van der Waals surface area contributed by atoms with Crippen molar-refractivity contribution in [1.82, 2.24) is 14.8 Å². The summed E-state index contributed by atoms with van der Waals surface area (Å²) >= 11 is 0. The van der Waals surface area contributed by atoms with E-state index in [1.807, 2.05) is 56.3 Å². The van der Waals surface area contributed by atoms with E-state index in [0.29, 0.717) is 22.9 Å². The van der Waals surface area contributed by atoms with Crippen molar-refractivity contribution in [3.05, 3.63) is 96.1 Å². The smallest absolute Gasteiger partial charge is 0.253 e. The number of carbonyl (C=O) groups is 1. The van der Waals surface area contributed by atoms with Gasteiger partial charge in [-0.25, -0.2) is 9.67 Å². The summed E-state index contributed by atoms with van der Waals surface area (Å²) in [5, 5.41) is 20.2. The first-order valence-electron chi connectivity index (χ1n) is 10.6. The Morgan fingerprint density at radius 3 is 2.41 bits per heavy atom. The van der Waals surface area contributed by atoms with Crippen LogP contribution in [0.1, 0.15) is 11.1 Å². The molecule has 4 rings (SSSR count). The minimum Gasteiger partial charge on any atom is -0.497 e. The highest BCUT2D eigenvalue weighted by Gasteiger charge is 2.08. The van der Waals surface area contributed by atoms with Crippen LogP contribution in [0.15, 0.2) is 85.0 Å². The molecule has 0 fully saturated rings. The lowest BCUT2D eigenvalue weighted by Crippen LogP contribution is -2.11. The second-order valence-corrected chi connectivity index (χ2v) is 7.75. The highest BCUT2D eigenvalue weighted by atomic mass is 16.5. The second-order valence-electron chi connectivity index (χ2n) is 7.75. The van der Waals surface area contributed by atoms with Gasteiger partial charge in [-0.15, -0.1) is 5.10 Å². The van der Waals surface area contributed by atoms with Crippen molar-refractivity contribution in [3.8, 4) is 22.8 Å². The predicted molar refractivity (Wildman–Crippen MR) is 132 cm³/mol. The molecule has 1 aromatic heterocycles. The second kappa shape index (κ2) is 9.91. The SMILES string of the molecule is COc1ccc(N/C(O)=C/C(=O)Nc2ccc(-c3ncn(-c4ccc(C)cc4)n3)cc2)c(C)c1. The Morgan fingerprint density at radius 1 is 1.00 bits per heavy atom. The van der Waals surface area contributed by atoms with E-state index in [1.54, 1.807) is 42.4 Å². The van der Waals surface area contributed by atoms with E-state index in [9.17, 15) is 9.90 Å². The molecule has 0 spiro atoms. The van der Waals surface area contributed by atoms with Crippen LogP contribution in [0, 0.1) is 13.8 Å². The standard InChI is InChI=1S/C26H25N5O3/c1-17-4-10-21(11-5-17)31-16-27-26(30-31)19-6-8-20(9-7-19)28-24(32)15-25(33)29-23-13-12-22(34-3)14-18(23)2/h4-16,29,33H,1-3H3,(H,28,32)/b25-15-. The van der Waals surface area contributed by atoms with Gasteiger partial charge in [0.2, 0.25) is 0 Å². The minimum absolute atomic E-state index is 0.270. The van der Waals surface area contributed by atoms with Crippen LogP contribution < -0.4 is 15.4 Å². The number of nitrogens with one attached hydrogen (secondary N) is 2. The summed E-state index contributed by atoms with van der Waals surface area (Å²) in [6.45, 7) is 3.91. The van der Waals surface area contributed by atoms with Crippen LogP contribution in [0.2, 0.25) is 0 Å². The van der Waals surface area contributed by atoms with Gasteiger partial charge < -0.3 is 20.5 Å². The number of hydrogen-bond acceptors (Lipinski definition) is 6. The number of ether oxygens (including phenoxy) is 1. The Balaban J connectivity index is 1.38. The van der Waals surface area contributed by atoms with Gasteiger partial charge in [0.1, 0.15) is 12.1 Å². The molecule has 4 aromatic rings. The topological polar surface area (TPSA) is 101 Å². The fourth-order valence-electron chi connectivity index (χ4n) is 3.30. The first kappa shape index (κ1) is 22.6. The van der Waals surface area contributed by atoms with Gasteiger partial charge in [-0.2, -0.15) is 0 Å². The number of carbonyl (C=O) groups excluding carboxylic acids is 1. The third-order valence-electron chi connectivity index (χ3n) is 5.17. The highest BCUT2D eigenvalue weighted by molar-refractivity contribution is 5.99. The van der Waals surface area contributed by atoms with Gasteiger partial charge >= 0.3 is 0 Å². The first-order valence-corrected chi connectivity index (χ1v) is 10.6. The van der Waals surface area contributed by atoms with Crippen molar-refractivity contribution in [2.45, 2.75) is 13.8 Å². The number of hydrogen-bond donors (Lipinski definition) is 3. The predicted octanol–water partition coefficient (Wildman–Crippen LogP) is 5.01. The maximum Gasteiger partial charge on any atom is 0.253 e. The number of aliphatic hydroxyl groups excluding tert-OH is 1. The van der Waals surface area contributed by atoms with Crippen LogP contribution >= 0.6 is 0 Å². The zero-order chi connectivity index (χ0) is 24.1. The molecule has 0 atom stereocenters. The van der Waals surface area contributed by atoms with Gasteiger partial charge in [0.25, 0.3) is 5.91 Å². The zero-order valence-electron chi connectivity index (χ0n) is 19.1. The summed E-state index contributed by atoms with van der Waals surface area (Å²) in [5.74, 6) is 0.554. The van der Waals surface area contributed by atoms with E-state index in [4.69, 9.17) is 4.74 Å². The number of aromatic nitrogens is 3. The summed E-state index contributed by atoms with van der Waals surface area (Å²) in [7, 11) is 1.59. The number of aryl methyl sites for hydroxylation is 2. The van der Waals surface area contributed by atoms with Crippen LogP contribution in [-0.4, -0.2) is 32.9 Å². The molecular weight excluding hydrogens is 430 g/mol. The van der Waals surface area contributed by atoms with Crippen LogP contribution in [-0.2, 0) is 4.79 Å². The number of aliphatic hydroxyl groups is 1. The molecular formula is C26H25N5O3. The number of methoxy groups -OCH3 is 1. The largest absolute Gasteiger partial charge is 0.497 e. The molecule has 3 N–H and O–H groups in total. The Bertz CT molecular complexity index is 1330. The minimum atomic E-state index is -0.467. The average Bonchev–Trinajstić information content (AvgIpc) is 3.31. The molecule has 0 radical (unpaired) electrons. The van der Waals surface area contributed by atoms with Crippen LogP contribution in [0.3, 0.4) is 0 Å². The molecule has 0 saturated heterocycles. The lowest BCUT2D eigenvalue weighted by atomic mass is 10.2. The third-order valence-corrected chi connectivity index (χ3v) is 5.17. The van der Waals surface area contributed by atoms with Crippen molar-refractivity contribution in [2.24, 2.45) is 0 Å². The molecule has 0 unspecified atom stereocenters. The molecule has 172 valence electrons. The number of anilines is 2. The number of nitrogens with zero attached hydrogens (tertiary/aromatic N) is 3. The van der Waals surface area contributed by atoms with E-state index in [0.717, 1.165) is 22.9 Å². The molecule has 0 aliphatic carbocycles. The number of amides is 1. The maximum absolute atomic E-state index is 12.3. The van der Waals surface area contributed by atoms with Crippen molar-refractivity contribution in [2.75, 3.05) is 17.7 Å². The quantitative estimate of drug-likeness (QED) is 0.268. The molecule has 3 aromatic carbocycles. The third kappa shape index (κ3) is 5.42. The normalized spacial score (nSPS) is 11.2. The van der Waals surface area contributed by atoms with Crippen molar-refractivity contribution in [3.63, 3.8) is 0 Å². The Morgan fingerprint density at radius 2 is 1.74 bits per heavy atom. The van der Waals surface area contributed by atoms with Gasteiger partial charge in [-0.05, 0) is 74.0 Å². The van der Waals surface area contributed by atoms with Gasteiger partial charge in [0.05, 0.1) is 18.9 Å². The average molecular weight is 456 g/mol. The van der Waals surface area contributed by atoms with E-state index < -0.39 is 5.91 Å². The fraction of sp³-hybridized carbons (Fsp3) is 0.115. The van der Waals surface area contributed by atoms with Crippen LogP contribution in [0.25, 0.3) is 17.1 Å². The summed E-state index contributed by atoms with van der Waals surface area (Å²) in [5.41, 5.74) is 5.04. The van der Waals surface area contributed by atoms with Crippen molar-refractivity contribution >= 4 is 17.3 Å². The van der Waals surface area contributed by atoms with Gasteiger partial charge in [0.15, 0.2) is 11.7 Å². The highest BCUT2D eigenvalue weighted by Crippen LogP contribution is 2.22. The molecule has 0 bridgehead atoms. The molecule has 0 saturated carbocycles. The molecule has 8 nitrogen and oxygen atoms in total. The fourth-order valence-corrected chi connectivity index (χ4v) is 3.30. The lowest BCUT2D eigenvalue weighted by molar-refractivity contribution is -0.112. The zero-order valence-corrected chi connectivity index (χ0v) is 19.1. The number of rotatable bonds is 7. The Kier molecular flexibility index (Phi) is 6.59. The summed E-state index contributed by atoms with van der Waals surface area (Å²) in [6, 6.07) is 20.5. The first-order chi connectivity index (χ1) is 16.4. The molecule has 8 heteroatoms. The van der Waals surface area contributed by atoms with Crippen LogP contribution in [0.5, 0.6) is 5.75 Å². The van der Waals surface area contributed by atoms with Gasteiger partial charge in [-0.3, -0.25) is 4.79 Å². The van der Waals surface area contributed by atoms with Gasteiger partial charge in [0, 0.05) is 16.9 Å². The number of benzene rings is 3. The molecule has 0 aliphatic rings.